The van der Waals surface area contributed by atoms with E-state index in [0.29, 0.717) is 6.42 Å². The number of nitrogens with zero attached hydrogens (tertiary/aromatic N) is 1. The summed E-state index contributed by atoms with van der Waals surface area (Å²) in [6.07, 6.45) is -2.84. The number of aliphatic hydroxyl groups excluding tert-OH is 1. The van der Waals surface area contributed by atoms with Crippen molar-refractivity contribution in [1.82, 2.24) is 4.90 Å². The van der Waals surface area contributed by atoms with Gasteiger partial charge in [-0.05, 0) is 20.3 Å². The van der Waals surface area contributed by atoms with Crippen LogP contribution in [0.2, 0.25) is 0 Å². The van der Waals surface area contributed by atoms with Crippen molar-refractivity contribution in [3.05, 3.63) is 0 Å². The summed E-state index contributed by atoms with van der Waals surface area (Å²) in [5.74, 6) is -0.787. The van der Waals surface area contributed by atoms with E-state index in [-0.39, 0.29) is 13.2 Å². The Morgan fingerprint density at radius 2 is 2.04 bits per heavy atom. The van der Waals surface area contributed by atoms with Gasteiger partial charge in [0.2, 0.25) is 3.79 Å². The zero-order valence-corrected chi connectivity index (χ0v) is 16.5. The highest BCUT2D eigenvalue weighted by Gasteiger charge is 2.71. The molecule has 1 amide bonds. The second-order valence-electron chi connectivity index (χ2n) is 7.42. The van der Waals surface area contributed by atoms with Gasteiger partial charge in [-0.2, -0.15) is 0 Å². The average molecular weight is 433 g/mol. The first kappa shape index (κ1) is 19.3. The van der Waals surface area contributed by atoms with Crippen LogP contribution in [0.15, 0.2) is 0 Å². The summed E-state index contributed by atoms with van der Waals surface area (Å²) in [5.41, 5.74) is -0.783. The number of aliphatic hydroxyl groups is 1. The van der Waals surface area contributed by atoms with Crippen molar-refractivity contribution in [1.29, 1.82) is 0 Å². The Hall–Kier alpha value is -0.0600. The molecule has 4 heterocycles. The van der Waals surface area contributed by atoms with Crippen molar-refractivity contribution in [2.75, 3.05) is 19.8 Å². The van der Waals surface area contributed by atoms with Crippen LogP contribution in [0, 0.1) is 0 Å². The molecule has 4 saturated heterocycles. The molecule has 26 heavy (non-hydrogen) atoms. The molecule has 0 aromatic carbocycles. The lowest BCUT2D eigenvalue weighted by atomic mass is 9.77. The molecular formula is C15H20Cl3NO7. The van der Waals surface area contributed by atoms with Crippen LogP contribution in [0.5, 0.6) is 0 Å². The van der Waals surface area contributed by atoms with Gasteiger partial charge in [-0.1, -0.05) is 34.8 Å². The van der Waals surface area contributed by atoms with Crippen LogP contribution in [-0.2, 0) is 23.7 Å². The first-order chi connectivity index (χ1) is 12.0. The monoisotopic (exact) mass is 431 g/mol. The number of ether oxygens (including phenoxy) is 5. The maximum Gasteiger partial charge on any atom is 0.410 e. The van der Waals surface area contributed by atoms with Gasteiger partial charge >= 0.3 is 6.09 Å². The number of likely N-dealkylation sites (tertiary alicyclic amines) is 1. The van der Waals surface area contributed by atoms with Gasteiger partial charge in [-0.25, -0.2) is 4.79 Å². The zero-order valence-electron chi connectivity index (χ0n) is 14.2. The van der Waals surface area contributed by atoms with Crippen LogP contribution in [0.4, 0.5) is 4.79 Å². The molecule has 2 bridgehead atoms. The van der Waals surface area contributed by atoms with Gasteiger partial charge < -0.3 is 28.8 Å². The summed E-state index contributed by atoms with van der Waals surface area (Å²) in [5, 5.41) is 10.5. The standard InChI is InChI=1S/C15H20Cl3NO7/c1-13(2)25-10-11(26-13)24-9-8-7(20)5-23-14(9,10)3-4-19(8)12(21)22-6-15(16,17)18/h7-11,20H,3-6H2,1-2H3/t7-,8+,9-,10+,11-,14-/m1/s1. The largest absolute Gasteiger partial charge is 0.445 e. The highest BCUT2D eigenvalue weighted by Crippen LogP contribution is 2.52. The van der Waals surface area contributed by atoms with Crippen molar-refractivity contribution in [2.24, 2.45) is 0 Å². The van der Waals surface area contributed by atoms with Crippen molar-refractivity contribution in [3.63, 3.8) is 0 Å². The quantitative estimate of drug-likeness (QED) is 0.629. The number of hydrogen-bond donors (Lipinski definition) is 1. The van der Waals surface area contributed by atoms with Gasteiger partial charge in [0.15, 0.2) is 12.1 Å². The van der Waals surface area contributed by atoms with E-state index in [4.69, 9.17) is 58.5 Å². The van der Waals surface area contributed by atoms with Crippen molar-refractivity contribution in [2.45, 2.75) is 66.1 Å². The smallest absolute Gasteiger partial charge is 0.410 e. The van der Waals surface area contributed by atoms with Gasteiger partial charge in [0.25, 0.3) is 0 Å². The Balaban J connectivity index is 1.55. The molecule has 0 saturated carbocycles. The molecule has 8 nitrogen and oxygen atoms in total. The van der Waals surface area contributed by atoms with Crippen LogP contribution in [0.25, 0.3) is 0 Å². The molecule has 4 rings (SSSR count). The fourth-order valence-corrected chi connectivity index (χ4v) is 4.43. The predicted molar refractivity (Wildman–Crippen MR) is 90.1 cm³/mol. The van der Waals surface area contributed by atoms with Gasteiger partial charge in [0.05, 0.1) is 12.6 Å². The third-order valence-corrected chi connectivity index (χ3v) is 5.55. The Labute approximate surface area is 165 Å². The number of carbonyl (C=O) groups excluding carboxylic acids is 1. The van der Waals surface area contributed by atoms with E-state index in [2.05, 4.69) is 0 Å². The first-order valence-corrected chi connectivity index (χ1v) is 9.49. The second-order valence-corrected chi connectivity index (χ2v) is 9.93. The number of halogens is 3. The predicted octanol–water partition coefficient (Wildman–Crippen LogP) is 1.57. The molecule has 4 aliphatic heterocycles. The minimum absolute atomic E-state index is 0.0474. The summed E-state index contributed by atoms with van der Waals surface area (Å²) in [7, 11) is 0. The maximum atomic E-state index is 12.5. The first-order valence-electron chi connectivity index (χ1n) is 8.36. The molecule has 4 aliphatic rings. The van der Waals surface area contributed by atoms with Gasteiger partial charge in [-0.15, -0.1) is 0 Å². The number of piperidine rings is 1. The lowest BCUT2D eigenvalue weighted by Gasteiger charge is -2.53. The molecule has 148 valence electrons. The van der Waals surface area contributed by atoms with Crippen molar-refractivity contribution >= 4 is 40.9 Å². The van der Waals surface area contributed by atoms with Crippen LogP contribution in [-0.4, -0.2) is 81.7 Å². The summed E-state index contributed by atoms with van der Waals surface area (Å²) >= 11 is 16.9. The number of alkyl halides is 3. The van der Waals surface area contributed by atoms with Crippen LogP contribution < -0.4 is 0 Å². The van der Waals surface area contributed by atoms with Gasteiger partial charge in [0, 0.05) is 6.54 Å². The highest BCUT2D eigenvalue weighted by molar-refractivity contribution is 6.67. The molecule has 0 radical (unpaired) electrons. The van der Waals surface area contributed by atoms with Gasteiger partial charge in [0.1, 0.15) is 30.5 Å². The van der Waals surface area contributed by atoms with Crippen molar-refractivity contribution in [3.8, 4) is 0 Å². The summed E-state index contributed by atoms with van der Waals surface area (Å²) in [6.45, 7) is 3.55. The Bertz CT molecular complexity index is 600. The van der Waals surface area contributed by atoms with Crippen LogP contribution >= 0.6 is 34.8 Å². The van der Waals surface area contributed by atoms with E-state index in [9.17, 15) is 9.90 Å². The molecular weight excluding hydrogens is 413 g/mol. The minimum Gasteiger partial charge on any atom is -0.445 e. The van der Waals surface area contributed by atoms with Crippen molar-refractivity contribution < 1.29 is 33.6 Å². The lowest BCUT2D eigenvalue weighted by Crippen LogP contribution is -2.72. The van der Waals surface area contributed by atoms with E-state index >= 15 is 0 Å². The lowest BCUT2D eigenvalue weighted by molar-refractivity contribution is -0.284. The fourth-order valence-electron chi connectivity index (χ4n) is 4.27. The molecule has 1 N–H and O–H groups in total. The van der Waals surface area contributed by atoms with Crippen LogP contribution in [0.3, 0.4) is 0 Å². The molecule has 0 unspecified atom stereocenters. The molecule has 0 aromatic rings. The molecule has 4 fully saturated rings. The van der Waals surface area contributed by atoms with Crippen LogP contribution in [0.1, 0.15) is 20.3 Å². The SMILES string of the molecule is CC1(C)O[C@H]2O[C@@H]3[C@@H]4[C@H](O)CO[C@@]3(CCN4C(=O)OCC(Cl)(Cl)Cl)[C@H]2O1. The Kier molecular flexibility index (Phi) is 4.61. The normalized spacial score (nSPS) is 43.8. The van der Waals surface area contributed by atoms with E-state index in [0.717, 1.165) is 0 Å². The number of hydrogen-bond acceptors (Lipinski definition) is 7. The highest BCUT2D eigenvalue weighted by atomic mass is 35.6. The average Bonchev–Trinajstić information content (AvgIpc) is 2.98. The Morgan fingerprint density at radius 3 is 2.73 bits per heavy atom. The molecule has 0 spiro atoms. The number of carbonyl (C=O) groups is 1. The summed E-state index contributed by atoms with van der Waals surface area (Å²) < 4.78 is 27.2. The van der Waals surface area contributed by atoms with E-state index in [1.54, 1.807) is 13.8 Å². The zero-order chi connectivity index (χ0) is 18.9. The van der Waals surface area contributed by atoms with E-state index < -0.39 is 58.5 Å². The fraction of sp³-hybridized carbons (Fsp3) is 0.933. The Morgan fingerprint density at radius 1 is 1.31 bits per heavy atom. The summed E-state index contributed by atoms with van der Waals surface area (Å²) in [4.78, 5) is 13.9. The molecule has 6 atom stereocenters. The second kappa shape index (κ2) is 6.22. The molecule has 0 aliphatic carbocycles. The van der Waals surface area contributed by atoms with E-state index in [1.165, 1.54) is 4.90 Å². The maximum absolute atomic E-state index is 12.5. The summed E-state index contributed by atoms with van der Waals surface area (Å²) in [6, 6.07) is -0.665. The van der Waals surface area contributed by atoms with Gasteiger partial charge in [-0.3, -0.25) is 4.90 Å². The third kappa shape index (κ3) is 3.08. The number of rotatable bonds is 1. The minimum atomic E-state index is -1.71. The topological polar surface area (TPSA) is 86.7 Å². The molecule has 11 heteroatoms. The number of fused-ring (bicyclic) bond motifs is 1. The third-order valence-electron chi connectivity index (χ3n) is 5.23. The number of amides is 1. The molecule has 0 aromatic heterocycles. The van der Waals surface area contributed by atoms with E-state index in [1.807, 2.05) is 0 Å².